The van der Waals surface area contributed by atoms with Gasteiger partial charge in [-0.05, 0) is 30.7 Å². The van der Waals surface area contributed by atoms with Crippen LogP contribution in [0.4, 0.5) is 0 Å². The molecule has 0 aliphatic carbocycles. The molecule has 1 unspecified atom stereocenters. The van der Waals surface area contributed by atoms with Crippen molar-refractivity contribution in [2.75, 3.05) is 0 Å². The summed E-state index contributed by atoms with van der Waals surface area (Å²) in [5, 5.41) is 0. The first kappa shape index (κ1) is 14.9. The molecule has 0 fully saturated rings. The normalized spacial score (nSPS) is 13.4. The molecule has 2 N–H and O–H groups in total. The predicted molar refractivity (Wildman–Crippen MR) is 77.0 cm³/mol. The minimum absolute atomic E-state index is 0.135. The van der Waals surface area contributed by atoms with Crippen LogP contribution < -0.4 is 5.73 Å². The van der Waals surface area contributed by atoms with Gasteiger partial charge in [0.1, 0.15) is 0 Å². The van der Waals surface area contributed by atoms with E-state index >= 15 is 0 Å². The van der Waals surface area contributed by atoms with Crippen LogP contribution in [-0.4, -0.2) is 11.8 Å². The van der Waals surface area contributed by atoms with E-state index in [1.54, 1.807) is 0 Å². The first-order valence-electron chi connectivity index (χ1n) is 6.70. The zero-order chi connectivity index (χ0) is 13.8. The first-order valence-corrected chi connectivity index (χ1v) is 6.70. The quantitative estimate of drug-likeness (QED) is 0.806. The van der Waals surface area contributed by atoms with Gasteiger partial charge in [0.25, 0.3) is 0 Å². The lowest BCUT2D eigenvalue weighted by molar-refractivity contribution is 0.0979. The summed E-state index contributed by atoms with van der Waals surface area (Å²) in [4.78, 5) is 11.9. The van der Waals surface area contributed by atoms with Gasteiger partial charge in [-0.1, -0.05) is 45.0 Å². The highest BCUT2D eigenvalue weighted by atomic mass is 16.1. The molecular weight excluding hydrogens is 222 g/mol. The van der Waals surface area contributed by atoms with Crippen molar-refractivity contribution >= 4 is 5.78 Å². The molecule has 0 spiro atoms. The van der Waals surface area contributed by atoms with Crippen LogP contribution in [0.2, 0.25) is 0 Å². The van der Waals surface area contributed by atoms with Crippen molar-refractivity contribution in [1.29, 1.82) is 0 Å². The molecule has 0 aliphatic heterocycles. The minimum atomic E-state index is 0.135. The van der Waals surface area contributed by atoms with Gasteiger partial charge in [0.05, 0.1) is 0 Å². The van der Waals surface area contributed by atoms with Gasteiger partial charge in [0.15, 0.2) is 5.78 Å². The summed E-state index contributed by atoms with van der Waals surface area (Å²) in [5.41, 5.74) is 7.88. The summed E-state index contributed by atoms with van der Waals surface area (Å²) >= 11 is 0. The average molecular weight is 247 g/mol. The van der Waals surface area contributed by atoms with E-state index in [4.69, 9.17) is 5.73 Å². The van der Waals surface area contributed by atoms with E-state index in [0.29, 0.717) is 6.42 Å². The molecule has 0 radical (unpaired) electrons. The molecule has 0 saturated heterocycles. The Hall–Kier alpha value is -1.15. The van der Waals surface area contributed by atoms with Gasteiger partial charge in [-0.2, -0.15) is 0 Å². The predicted octanol–water partition coefficient (Wildman–Crippen LogP) is 3.68. The van der Waals surface area contributed by atoms with Gasteiger partial charge in [-0.3, -0.25) is 4.79 Å². The molecule has 1 rings (SSSR count). The molecule has 2 heteroatoms. The summed E-state index contributed by atoms with van der Waals surface area (Å²) in [7, 11) is 0. The van der Waals surface area contributed by atoms with Crippen molar-refractivity contribution in [2.24, 2.45) is 5.73 Å². The van der Waals surface area contributed by atoms with E-state index in [2.05, 4.69) is 32.9 Å². The Morgan fingerprint density at radius 1 is 1.22 bits per heavy atom. The zero-order valence-corrected chi connectivity index (χ0v) is 12.0. The minimum Gasteiger partial charge on any atom is -0.328 e. The van der Waals surface area contributed by atoms with Gasteiger partial charge in [0, 0.05) is 18.0 Å². The molecule has 100 valence electrons. The Bertz CT molecular complexity index is 385. The molecule has 0 aliphatic rings. The molecule has 0 heterocycles. The van der Waals surface area contributed by atoms with Crippen LogP contribution in [0, 0.1) is 0 Å². The van der Waals surface area contributed by atoms with E-state index < -0.39 is 0 Å². The average Bonchev–Trinajstić information content (AvgIpc) is 2.27. The molecule has 1 aromatic carbocycles. The number of carbonyl (C=O) groups excluding carboxylic acids is 1. The Balaban J connectivity index is 2.60. The molecule has 2 nitrogen and oxygen atoms in total. The lowest BCUT2D eigenvalue weighted by atomic mass is 9.86. The highest BCUT2D eigenvalue weighted by Crippen LogP contribution is 2.22. The summed E-state index contributed by atoms with van der Waals surface area (Å²) < 4.78 is 0. The number of Topliss-reactive ketones (excluding diaryl/α,β-unsaturated/α-hetero) is 1. The SMILES string of the molecule is CC(N)CCCC(=O)c1ccc(C(C)(C)C)cc1. The number of ketones is 1. The Morgan fingerprint density at radius 3 is 2.22 bits per heavy atom. The number of nitrogens with two attached hydrogens (primary N) is 1. The second kappa shape index (κ2) is 6.14. The van der Waals surface area contributed by atoms with Crippen molar-refractivity contribution < 1.29 is 4.79 Å². The molecule has 0 amide bonds. The number of carbonyl (C=O) groups is 1. The van der Waals surface area contributed by atoms with Crippen molar-refractivity contribution in [3.05, 3.63) is 35.4 Å². The summed E-state index contributed by atoms with van der Waals surface area (Å²) in [6.07, 6.45) is 2.37. The fourth-order valence-corrected chi connectivity index (χ4v) is 1.89. The maximum atomic E-state index is 11.9. The van der Waals surface area contributed by atoms with Crippen LogP contribution in [0.15, 0.2) is 24.3 Å². The highest BCUT2D eigenvalue weighted by Gasteiger charge is 2.14. The monoisotopic (exact) mass is 247 g/mol. The Morgan fingerprint density at radius 2 is 1.78 bits per heavy atom. The molecule has 0 aromatic heterocycles. The second-order valence-electron chi connectivity index (χ2n) is 6.12. The molecule has 0 bridgehead atoms. The molecule has 1 aromatic rings. The van der Waals surface area contributed by atoms with Gasteiger partial charge in [-0.25, -0.2) is 0 Å². The molecule has 1 atom stereocenters. The van der Waals surface area contributed by atoms with Crippen LogP contribution >= 0.6 is 0 Å². The van der Waals surface area contributed by atoms with Crippen molar-refractivity contribution in [1.82, 2.24) is 0 Å². The largest absolute Gasteiger partial charge is 0.328 e. The molecule has 18 heavy (non-hydrogen) atoms. The van der Waals surface area contributed by atoms with Gasteiger partial charge < -0.3 is 5.73 Å². The van der Waals surface area contributed by atoms with Crippen LogP contribution in [0.25, 0.3) is 0 Å². The summed E-state index contributed by atoms with van der Waals surface area (Å²) in [6, 6.07) is 8.17. The van der Waals surface area contributed by atoms with Gasteiger partial charge in [-0.15, -0.1) is 0 Å². The topological polar surface area (TPSA) is 43.1 Å². The van der Waals surface area contributed by atoms with Crippen LogP contribution in [-0.2, 0) is 5.41 Å². The smallest absolute Gasteiger partial charge is 0.162 e. The molecular formula is C16H25NO. The van der Waals surface area contributed by atoms with E-state index in [0.717, 1.165) is 18.4 Å². The second-order valence-corrected chi connectivity index (χ2v) is 6.12. The Kier molecular flexibility index (Phi) is 5.09. The van der Waals surface area contributed by atoms with E-state index in [-0.39, 0.29) is 17.2 Å². The maximum Gasteiger partial charge on any atom is 0.162 e. The summed E-state index contributed by atoms with van der Waals surface area (Å²) in [5.74, 6) is 0.219. The summed E-state index contributed by atoms with van der Waals surface area (Å²) in [6.45, 7) is 8.49. The fourth-order valence-electron chi connectivity index (χ4n) is 1.89. The lowest BCUT2D eigenvalue weighted by Gasteiger charge is -2.19. The standard InChI is InChI=1S/C16H25NO/c1-12(17)6-5-7-15(18)13-8-10-14(11-9-13)16(2,3)4/h8-12H,5-7,17H2,1-4H3. The van der Waals surface area contributed by atoms with Crippen molar-refractivity contribution in [3.8, 4) is 0 Å². The van der Waals surface area contributed by atoms with Gasteiger partial charge in [0.2, 0.25) is 0 Å². The zero-order valence-electron chi connectivity index (χ0n) is 12.0. The fraction of sp³-hybridized carbons (Fsp3) is 0.562. The third kappa shape index (κ3) is 4.61. The third-order valence-corrected chi connectivity index (χ3v) is 3.14. The number of hydrogen-bond donors (Lipinski definition) is 1. The number of benzene rings is 1. The molecule has 0 saturated carbocycles. The maximum absolute atomic E-state index is 11.9. The highest BCUT2D eigenvalue weighted by molar-refractivity contribution is 5.96. The van der Waals surface area contributed by atoms with E-state index in [9.17, 15) is 4.79 Å². The van der Waals surface area contributed by atoms with E-state index in [1.807, 2.05) is 19.1 Å². The van der Waals surface area contributed by atoms with Crippen LogP contribution in [0.5, 0.6) is 0 Å². The Labute approximate surface area is 111 Å². The van der Waals surface area contributed by atoms with E-state index in [1.165, 1.54) is 5.56 Å². The number of rotatable bonds is 5. The number of hydrogen-bond acceptors (Lipinski definition) is 2. The lowest BCUT2D eigenvalue weighted by Crippen LogP contribution is -2.15. The van der Waals surface area contributed by atoms with Gasteiger partial charge >= 0.3 is 0 Å². The van der Waals surface area contributed by atoms with Crippen molar-refractivity contribution in [3.63, 3.8) is 0 Å². The van der Waals surface area contributed by atoms with Crippen LogP contribution in [0.1, 0.15) is 62.9 Å². The van der Waals surface area contributed by atoms with Crippen molar-refractivity contribution in [2.45, 2.75) is 58.4 Å². The first-order chi connectivity index (χ1) is 8.30. The van der Waals surface area contributed by atoms with Crippen LogP contribution in [0.3, 0.4) is 0 Å². The third-order valence-electron chi connectivity index (χ3n) is 3.14.